The smallest absolute Gasteiger partial charge is 0.244 e. The number of rotatable bonds is 5. The van der Waals surface area contributed by atoms with E-state index in [1.165, 1.54) is 11.3 Å². The van der Waals surface area contributed by atoms with Gasteiger partial charge in [-0.05, 0) is 24.6 Å². The molecular formula is C19H19N5O2S. The first-order valence-electron chi connectivity index (χ1n) is 8.55. The standard InChI is InChI=1S/C19H19N5O2S/c1-26-17-5-3-2-4-13(17)14-10-15(24-23-14)18(25)22-19-21-16(11-27-19)12-6-8-20-9-7-12/h2-9,11,14-15,23-24H,10H2,1H3,(H,21,22,25). The van der Waals surface area contributed by atoms with Crippen molar-refractivity contribution in [3.8, 4) is 17.0 Å². The van der Waals surface area contributed by atoms with Crippen molar-refractivity contribution >= 4 is 22.4 Å². The van der Waals surface area contributed by atoms with Gasteiger partial charge in [-0.25, -0.2) is 15.8 Å². The molecule has 7 nitrogen and oxygen atoms in total. The minimum Gasteiger partial charge on any atom is -0.496 e. The summed E-state index contributed by atoms with van der Waals surface area (Å²) in [5.41, 5.74) is 9.06. The molecule has 3 aromatic rings. The number of para-hydroxylation sites is 1. The third-order valence-corrected chi connectivity index (χ3v) is 5.20. The summed E-state index contributed by atoms with van der Waals surface area (Å²) >= 11 is 1.40. The molecule has 1 aliphatic rings. The Kier molecular flexibility index (Phi) is 5.10. The van der Waals surface area contributed by atoms with Gasteiger partial charge in [0.1, 0.15) is 11.8 Å². The molecule has 1 aliphatic heterocycles. The van der Waals surface area contributed by atoms with Gasteiger partial charge in [-0.3, -0.25) is 9.78 Å². The van der Waals surface area contributed by atoms with E-state index in [1.807, 2.05) is 41.8 Å². The number of benzene rings is 1. The lowest BCUT2D eigenvalue weighted by molar-refractivity contribution is -0.117. The lowest BCUT2D eigenvalue weighted by Gasteiger charge is -2.13. The first-order chi connectivity index (χ1) is 13.2. The van der Waals surface area contributed by atoms with E-state index < -0.39 is 0 Å². The molecule has 0 saturated carbocycles. The van der Waals surface area contributed by atoms with E-state index in [-0.39, 0.29) is 18.0 Å². The molecule has 1 fully saturated rings. The average molecular weight is 381 g/mol. The molecule has 0 spiro atoms. The maximum absolute atomic E-state index is 12.6. The minimum atomic E-state index is -0.354. The number of pyridine rings is 1. The zero-order valence-corrected chi connectivity index (χ0v) is 15.5. The van der Waals surface area contributed by atoms with Crippen LogP contribution in [0.25, 0.3) is 11.3 Å². The molecule has 2 aromatic heterocycles. The lowest BCUT2D eigenvalue weighted by Crippen LogP contribution is -2.39. The van der Waals surface area contributed by atoms with Crippen LogP contribution in [0.4, 0.5) is 5.13 Å². The third-order valence-electron chi connectivity index (χ3n) is 4.44. The molecule has 1 saturated heterocycles. The van der Waals surface area contributed by atoms with Crippen LogP contribution in [0.2, 0.25) is 0 Å². The van der Waals surface area contributed by atoms with Crippen LogP contribution in [0, 0.1) is 0 Å². The molecule has 27 heavy (non-hydrogen) atoms. The number of carbonyl (C=O) groups is 1. The normalized spacial score (nSPS) is 19.0. The van der Waals surface area contributed by atoms with Crippen LogP contribution in [0.15, 0.2) is 54.2 Å². The maximum Gasteiger partial charge on any atom is 0.244 e. The van der Waals surface area contributed by atoms with Gasteiger partial charge in [0, 0.05) is 28.9 Å². The van der Waals surface area contributed by atoms with E-state index >= 15 is 0 Å². The predicted octanol–water partition coefficient (Wildman–Crippen LogP) is 2.76. The summed E-state index contributed by atoms with van der Waals surface area (Å²) in [4.78, 5) is 21.1. The fourth-order valence-electron chi connectivity index (χ4n) is 3.07. The number of methoxy groups -OCH3 is 1. The Hall–Kier alpha value is -2.81. The van der Waals surface area contributed by atoms with Crippen LogP contribution in [-0.2, 0) is 4.79 Å². The van der Waals surface area contributed by atoms with Crippen molar-refractivity contribution in [3.05, 3.63) is 59.7 Å². The van der Waals surface area contributed by atoms with Crippen molar-refractivity contribution < 1.29 is 9.53 Å². The Bertz CT molecular complexity index is 931. The largest absolute Gasteiger partial charge is 0.496 e. The molecule has 2 atom stereocenters. The van der Waals surface area contributed by atoms with Crippen LogP contribution in [0.5, 0.6) is 5.75 Å². The highest BCUT2D eigenvalue weighted by Crippen LogP contribution is 2.30. The predicted molar refractivity (Wildman–Crippen MR) is 104 cm³/mol. The van der Waals surface area contributed by atoms with E-state index in [1.54, 1.807) is 19.5 Å². The number of nitrogens with one attached hydrogen (secondary N) is 3. The highest BCUT2D eigenvalue weighted by atomic mass is 32.1. The Morgan fingerprint density at radius 2 is 2.04 bits per heavy atom. The summed E-state index contributed by atoms with van der Waals surface area (Å²) in [6, 6.07) is 11.2. The number of anilines is 1. The second-order valence-corrected chi connectivity index (χ2v) is 6.99. The van der Waals surface area contributed by atoms with Crippen molar-refractivity contribution in [1.82, 2.24) is 20.8 Å². The van der Waals surface area contributed by atoms with Crippen LogP contribution < -0.4 is 20.9 Å². The van der Waals surface area contributed by atoms with Crippen LogP contribution in [0.1, 0.15) is 18.0 Å². The first-order valence-corrected chi connectivity index (χ1v) is 9.43. The molecule has 3 heterocycles. The lowest BCUT2D eigenvalue weighted by atomic mass is 10.0. The van der Waals surface area contributed by atoms with Gasteiger partial charge in [-0.1, -0.05) is 18.2 Å². The van der Waals surface area contributed by atoms with Gasteiger partial charge in [-0.15, -0.1) is 11.3 Å². The van der Waals surface area contributed by atoms with Crippen molar-refractivity contribution in [2.45, 2.75) is 18.5 Å². The minimum absolute atomic E-state index is 0.000532. The summed E-state index contributed by atoms with van der Waals surface area (Å²) in [6.07, 6.45) is 4.06. The third kappa shape index (κ3) is 3.82. The maximum atomic E-state index is 12.6. The average Bonchev–Trinajstić information content (AvgIpc) is 3.38. The van der Waals surface area contributed by atoms with Gasteiger partial charge >= 0.3 is 0 Å². The summed E-state index contributed by atoms with van der Waals surface area (Å²) in [5, 5.41) is 5.39. The molecule has 138 valence electrons. The summed E-state index contributed by atoms with van der Waals surface area (Å²) in [6.45, 7) is 0. The Labute approximate surface area is 160 Å². The van der Waals surface area contributed by atoms with E-state index in [0.29, 0.717) is 11.6 Å². The number of hydrogen-bond donors (Lipinski definition) is 3. The van der Waals surface area contributed by atoms with E-state index in [4.69, 9.17) is 4.74 Å². The van der Waals surface area contributed by atoms with Gasteiger partial charge in [0.2, 0.25) is 5.91 Å². The number of ether oxygens (including phenoxy) is 1. The van der Waals surface area contributed by atoms with E-state index in [0.717, 1.165) is 22.6 Å². The summed E-state index contributed by atoms with van der Waals surface area (Å²) < 4.78 is 5.41. The fourth-order valence-corrected chi connectivity index (χ4v) is 3.79. The Morgan fingerprint density at radius 3 is 2.85 bits per heavy atom. The number of aromatic nitrogens is 2. The summed E-state index contributed by atoms with van der Waals surface area (Å²) in [5.74, 6) is 0.690. The monoisotopic (exact) mass is 381 g/mol. The van der Waals surface area contributed by atoms with Gasteiger partial charge < -0.3 is 10.1 Å². The van der Waals surface area contributed by atoms with Gasteiger partial charge in [0.05, 0.1) is 18.8 Å². The van der Waals surface area contributed by atoms with Gasteiger partial charge in [0.15, 0.2) is 5.13 Å². The van der Waals surface area contributed by atoms with Crippen LogP contribution in [0.3, 0.4) is 0 Å². The van der Waals surface area contributed by atoms with Crippen molar-refractivity contribution in [2.24, 2.45) is 0 Å². The Balaban J connectivity index is 1.40. The first kappa shape index (κ1) is 17.6. The SMILES string of the molecule is COc1ccccc1C1CC(C(=O)Nc2nc(-c3ccncc3)cs2)NN1. The van der Waals surface area contributed by atoms with Crippen molar-refractivity contribution in [2.75, 3.05) is 12.4 Å². The number of thiazole rings is 1. The molecule has 1 amide bonds. The van der Waals surface area contributed by atoms with Gasteiger partial charge in [0.25, 0.3) is 0 Å². The van der Waals surface area contributed by atoms with Crippen molar-refractivity contribution in [1.29, 1.82) is 0 Å². The molecule has 3 N–H and O–H groups in total. The molecule has 0 radical (unpaired) electrons. The van der Waals surface area contributed by atoms with E-state index in [9.17, 15) is 4.79 Å². The van der Waals surface area contributed by atoms with Gasteiger partial charge in [-0.2, -0.15) is 0 Å². The summed E-state index contributed by atoms with van der Waals surface area (Å²) in [7, 11) is 1.65. The highest BCUT2D eigenvalue weighted by molar-refractivity contribution is 7.14. The Morgan fingerprint density at radius 1 is 1.22 bits per heavy atom. The molecule has 0 aliphatic carbocycles. The molecule has 0 bridgehead atoms. The molecule has 1 aromatic carbocycles. The zero-order valence-electron chi connectivity index (χ0n) is 14.7. The molecule has 8 heteroatoms. The molecular weight excluding hydrogens is 362 g/mol. The second kappa shape index (κ2) is 7.83. The molecule has 2 unspecified atom stereocenters. The number of carbonyl (C=O) groups excluding carboxylic acids is 1. The topological polar surface area (TPSA) is 88.2 Å². The van der Waals surface area contributed by atoms with Crippen LogP contribution >= 0.6 is 11.3 Å². The number of hydrazine groups is 1. The van der Waals surface area contributed by atoms with E-state index in [2.05, 4.69) is 26.1 Å². The number of amides is 1. The number of hydrogen-bond acceptors (Lipinski definition) is 7. The fraction of sp³-hybridized carbons (Fsp3) is 0.211. The zero-order chi connectivity index (χ0) is 18.6. The van der Waals surface area contributed by atoms with Crippen molar-refractivity contribution in [3.63, 3.8) is 0 Å². The second-order valence-electron chi connectivity index (χ2n) is 6.13. The number of nitrogens with zero attached hydrogens (tertiary/aromatic N) is 2. The van der Waals surface area contributed by atoms with Crippen LogP contribution in [-0.4, -0.2) is 29.0 Å². The molecule has 4 rings (SSSR count). The highest BCUT2D eigenvalue weighted by Gasteiger charge is 2.31. The quantitative estimate of drug-likeness (QED) is 0.630.